The minimum atomic E-state index is 0. The molecule has 1 nitrogen and oxygen atoms in total. The van der Waals surface area contributed by atoms with Crippen molar-refractivity contribution < 1.29 is 0 Å². The molecule has 0 aliphatic carbocycles. The van der Waals surface area contributed by atoms with Crippen molar-refractivity contribution >= 4 is 5.69 Å². The van der Waals surface area contributed by atoms with Gasteiger partial charge in [-0.25, -0.2) is 0 Å². The van der Waals surface area contributed by atoms with Crippen LogP contribution in [0.25, 0.3) is 0 Å². The minimum absolute atomic E-state index is 0. The van der Waals surface area contributed by atoms with E-state index >= 15 is 0 Å². The second-order valence-corrected chi connectivity index (χ2v) is 2.82. The Balaban J connectivity index is 0.000001000. The van der Waals surface area contributed by atoms with Crippen molar-refractivity contribution in [2.45, 2.75) is 27.2 Å². The second-order valence-electron chi connectivity index (χ2n) is 2.82. The second kappa shape index (κ2) is 4.02. The monoisotopic (exact) mass is 151 g/mol. The summed E-state index contributed by atoms with van der Waals surface area (Å²) < 4.78 is 0. The highest BCUT2D eigenvalue weighted by atomic mass is 14.5. The van der Waals surface area contributed by atoms with Crippen LogP contribution in [-0.4, -0.2) is 0 Å². The summed E-state index contributed by atoms with van der Waals surface area (Å²) in [7, 11) is 0. The third-order valence-electron chi connectivity index (χ3n) is 1.58. The van der Waals surface area contributed by atoms with E-state index in [1.807, 2.05) is 18.2 Å². The maximum Gasteiger partial charge on any atom is 0.0316 e. The Morgan fingerprint density at radius 1 is 1.27 bits per heavy atom. The molecule has 1 aromatic rings. The molecule has 0 aromatic heterocycles. The van der Waals surface area contributed by atoms with Gasteiger partial charge < -0.3 is 5.73 Å². The van der Waals surface area contributed by atoms with E-state index in [0.29, 0.717) is 5.92 Å². The highest BCUT2D eigenvalue weighted by Gasteiger charge is 1.96. The summed E-state index contributed by atoms with van der Waals surface area (Å²) in [6.07, 6.45) is 0. The Morgan fingerprint density at radius 2 is 1.91 bits per heavy atom. The molecule has 0 saturated carbocycles. The molecule has 1 rings (SSSR count). The minimum Gasteiger partial charge on any atom is -0.399 e. The summed E-state index contributed by atoms with van der Waals surface area (Å²) in [6.45, 7) is 4.32. The van der Waals surface area contributed by atoms with Gasteiger partial charge in [0.05, 0.1) is 0 Å². The summed E-state index contributed by atoms with van der Waals surface area (Å²) in [4.78, 5) is 0. The van der Waals surface area contributed by atoms with Crippen LogP contribution in [0, 0.1) is 0 Å². The largest absolute Gasteiger partial charge is 0.399 e. The maximum atomic E-state index is 5.60. The molecule has 1 heteroatoms. The quantitative estimate of drug-likeness (QED) is 0.613. The molecule has 0 amide bonds. The van der Waals surface area contributed by atoms with Crippen molar-refractivity contribution in [3.8, 4) is 0 Å². The topological polar surface area (TPSA) is 26.0 Å². The van der Waals surface area contributed by atoms with Crippen molar-refractivity contribution in [2.75, 3.05) is 5.73 Å². The van der Waals surface area contributed by atoms with Gasteiger partial charge >= 0.3 is 0 Å². The SMILES string of the molecule is C.CC(C)c1cccc(N)c1. The van der Waals surface area contributed by atoms with Crippen molar-refractivity contribution in [2.24, 2.45) is 0 Å². The molecular weight excluding hydrogens is 134 g/mol. The first-order valence-corrected chi connectivity index (χ1v) is 3.55. The molecule has 0 atom stereocenters. The molecule has 0 fully saturated rings. The van der Waals surface area contributed by atoms with E-state index in [0.717, 1.165) is 5.69 Å². The van der Waals surface area contributed by atoms with Crippen LogP contribution in [0.3, 0.4) is 0 Å². The normalized spacial score (nSPS) is 9.36. The number of hydrogen-bond donors (Lipinski definition) is 1. The zero-order chi connectivity index (χ0) is 7.56. The highest BCUT2D eigenvalue weighted by Crippen LogP contribution is 2.15. The number of nitrogen functional groups attached to an aromatic ring is 1. The van der Waals surface area contributed by atoms with Crippen molar-refractivity contribution in [1.29, 1.82) is 0 Å². The molecule has 0 spiro atoms. The Labute approximate surface area is 69.2 Å². The lowest BCUT2D eigenvalue weighted by atomic mass is 10.0. The molecule has 0 heterocycles. The van der Waals surface area contributed by atoms with Gasteiger partial charge in [0.2, 0.25) is 0 Å². The van der Waals surface area contributed by atoms with Gasteiger partial charge in [0.25, 0.3) is 0 Å². The van der Waals surface area contributed by atoms with Crippen LogP contribution < -0.4 is 5.73 Å². The number of anilines is 1. The molecule has 11 heavy (non-hydrogen) atoms. The molecule has 0 saturated heterocycles. The van der Waals surface area contributed by atoms with Crippen LogP contribution in [0.1, 0.15) is 32.8 Å². The maximum absolute atomic E-state index is 5.60. The first kappa shape index (κ1) is 10.0. The van der Waals surface area contributed by atoms with Crippen LogP contribution in [0.15, 0.2) is 24.3 Å². The molecular formula is C10H17N. The number of benzene rings is 1. The predicted octanol–water partition coefficient (Wildman–Crippen LogP) is 3.03. The first-order valence-electron chi connectivity index (χ1n) is 3.55. The average molecular weight is 151 g/mol. The van der Waals surface area contributed by atoms with Crippen LogP contribution in [0.5, 0.6) is 0 Å². The predicted molar refractivity (Wildman–Crippen MR) is 51.7 cm³/mol. The van der Waals surface area contributed by atoms with Gasteiger partial charge in [-0.1, -0.05) is 33.4 Å². The number of nitrogens with two attached hydrogens (primary N) is 1. The van der Waals surface area contributed by atoms with Crippen LogP contribution >= 0.6 is 0 Å². The van der Waals surface area contributed by atoms with E-state index < -0.39 is 0 Å². The molecule has 0 unspecified atom stereocenters. The van der Waals surface area contributed by atoms with Gasteiger partial charge in [-0.2, -0.15) is 0 Å². The van der Waals surface area contributed by atoms with Crippen LogP contribution in [0.4, 0.5) is 5.69 Å². The molecule has 0 radical (unpaired) electrons. The fourth-order valence-electron chi connectivity index (χ4n) is 0.918. The van der Waals surface area contributed by atoms with Gasteiger partial charge in [0.15, 0.2) is 0 Å². The molecule has 1 aromatic carbocycles. The lowest BCUT2D eigenvalue weighted by Crippen LogP contribution is -1.89. The summed E-state index contributed by atoms with van der Waals surface area (Å²) in [5, 5.41) is 0. The van der Waals surface area contributed by atoms with Gasteiger partial charge in [-0.3, -0.25) is 0 Å². The Kier molecular flexibility index (Phi) is 3.66. The van der Waals surface area contributed by atoms with E-state index in [-0.39, 0.29) is 7.43 Å². The van der Waals surface area contributed by atoms with Gasteiger partial charge in [0.1, 0.15) is 0 Å². The third-order valence-corrected chi connectivity index (χ3v) is 1.58. The van der Waals surface area contributed by atoms with Crippen molar-refractivity contribution in [3.05, 3.63) is 29.8 Å². The van der Waals surface area contributed by atoms with Crippen molar-refractivity contribution in [1.82, 2.24) is 0 Å². The van der Waals surface area contributed by atoms with Crippen LogP contribution in [0.2, 0.25) is 0 Å². The van der Waals surface area contributed by atoms with E-state index in [9.17, 15) is 0 Å². The Bertz CT molecular complexity index is 216. The van der Waals surface area contributed by atoms with E-state index in [1.165, 1.54) is 5.56 Å². The zero-order valence-corrected chi connectivity index (χ0v) is 6.46. The van der Waals surface area contributed by atoms with E-state index in [2.05, 4.69) is 19.9 Å². The molecule has 2 N–H and O–H groups in total. The van der Waals surface area contributed by atoms with Crippen LogP contribution in [-0.2, 0) is 0 Å². The van der Waals surface area contributed by atoms with Crippen molar-refractivity contribution in [3.63, 3.8) is 0 Å². The smallest absolute Gasteiger partial charge is 0.0316 e. The summed E-state index contributed by atoms with van der Waals surface area (Å²) in [5.74, 6) is 0.573. The number of hydrogen-bond acceptors (Lipinski definition) is 1. The molecule has 0 bridgehead atoms. The van der Waals surface area contributed by atoms with E-state index in [1.54, 1.807) is 0 Å². The highest BCUT2D eigenvalue weighted by molar-refractivity contribution is 5.41. The summed E-state index contributed by atoms with van der Waals surface area (Å²) in [6, 6.07) is 8.02. The molecule has 0 aliphatic heterocycles. The lowest BCUT2D eigenvalue weighted by Gasteiger charge is -2.04. The van der Waals surface area contributed by atoms with Gasteiger partial charge in [-0.05, 0) is 23.6 Å². The zero-order valence-electron chi connectivity index (χ0n) is 6.46. The van der Waals surface area contributed by atoms with Gasteiger partial charge in [0, 0.05) is 5.69 Å². The van der Waals surface area contributed by atoms with E-state index in [4.69, 9.17) is 5.73 Å². The lowest BCUT2D eigenvalue weighted by molar-refractivity contribution is 0.867. The average Bonchev–Trinajstić information content (AvgIpc) is 1.88. The molecule has 0 aliphatic rings. The standard InChI is InChI=1S/C9H13N.CH4/c1-7(2)8-4-3-5-9(10)6-8;/h3-7H,10H2,1-2H3;1H4. The fourth-order valence-corrected chi connectivity index (χ4v) is 0.918. The van der Waals surface area contributed by atoms with Gasteiger partial charge in [-0.15, -0.1) is 0 Å². The molecule has 62 valence electrons. The summed E-state index contributed by atoms with van der Waals surface area (Å²) >= 11 is 0. The first-order chi connectivity index (χ1) is 4.70. The Morgan fingerprint density at radius 3 is 2.27 bits per heavy atom. The number of rotatable bonds is 1. The Hall–Kier alpha value is -0.980. The third kappa shape index (κ3) is 2.62. The fraction of sp³-hybridized carbons (Fsp3) is 0.400. The summed E-state index contributed by atoms with van der Waals surface area (Å²) in [5.41, 5.74) is 7.75.